The second kappa shape index (κ2) is 8.90. The molecule has 0 saturated heterocycles. The van der Waals surface area contributed by atoms with Gasteiger partial charge in [-0.05, 0) is 61.8 Å². The summed E-state index contributed by atoms with van der Waals surface area (Å²) in [4.78, 5) is 35.2. The van der Waals surface area contributed by atoms with Crippen molar-refractivity contribution in [2.75, 3.05) is 0 Å². The zero-order valence-corrected chi connectivity index (χ0v) is 17.8. The molecule has 4 rings (SSSR count). The molecule has 0 aliphatic heterocycles. The largest absolute Gasteiger partial charge is 0.437 e. The molecule has 7 nitrogen and oxygen atoms in total. The van der Waals surface area contributed by atoms with E-state index in [0.717, 1.165) is 37.4 Å². The van der Waals surface area contributed by atoms with Crippen molar-refractivity contribution in [1.29, 1.82) is 0 Å². The SMILES string of the molecule is CC(C(N)=O)(c1ccc(Oc2ccc(F)cn2)cn1)[C@H]1CCC[C@@H](c2ccc(=O)[nH]c2)C1. The molecular formula is C24H25FN4O3. The fraction of sp³-hybridized carbons (Fsp3) is 0.333. The summed E-state index contributed by atoms with van der Waals surface area (Å²) in [5.41, 5.74) is 6.47. The minimum Gasteiger partial charge on any atom is -0.437 e. The molecule has 1 aliphatic rings. The number of hydrogen-bond acceptors (Lipinski definition) is 5. The van der Waals surface area contributed by atoms with Crippen LogP contribution in [0.1, 0.15) is 49.8 Å². The van der Waals surface area contributed by atoms with Crippen molar-refractivity contribution in [3.8, 4) is 11.6 Å². The van der Waals surface area contributed by atoms with Gasteiger partial charge in [0.2, 0.25) is 17.3 Å². The van der Waals surface area contributed by atoms with E-state index in [0.29, 0.717) is 11.4 Å². The summed E-state index contributed by atoms with van der Waals surface area (Å²) in [5, 5.41) is 0. The number of carbonyl (C=O) groups is 1. The summed E-state index contributed by atoms with van der Waals surface area (Å²) in [5.74, 6) is 0.0332. The Morgan fingerprint density at radius 1 is 1.16 bits per heavy atom. The Morgan fingerprint density at radius 3 is 2.62 bits per heavy atom. The maximum absolute atomic E-state index is 13.0. The second-order valence-corrected chi connectivity index (χ2v) is 8.41. The average Bonchev–Trinajstić information content (AvgIpc) is 2.81. The number of pyridine rings is 3. The Labute approximate surface area is 184 Å². The first-order valence-corrected chi connectivity index (χ1v) is 10.6. The molecule has 1 aliphatic carbocycles. The van der Waals surface area contributed by atoms with E-state index in [1.54, 1.807) is 18.3 Å². The molecule has 3 aromatic heterocycles. The van der Waals surface area contributed by atoms with Crippen LogP contribution in [-0.2, 0) is 10.2 Å². The minimum absolute atomic E-state index is 0.00344. The van der Waals surface area contributed by atoms with Gasteiger partial charge in [0.25, 0.3) is 0 Å². The normalized spacial score (nSPS) is 20.3. The van der Waals surface area contributed by atoms with Gasteiger partial charge in [0.05, 0.1) is 23.5 Å². The third-order valence-electron chi connectivity index (χ3n) is 6.47. The zero-order valence-electron chi connectivity index (χ0n) is 17.8. The summed E-state index contributed by atoms with van der Waals surface area (Å²) in [6.45, 7) is 1.85. The van der Waals surface area contributed by atoms with Gasteiger partial charge in [0.1, 0.15) is 11.6 Å². The highest BCUT2D eigenvalue weighted by molar-refractivity contribution is 5.86. The lowest BCUT2D eigenvalue weighted by Gasteiger charge is -2.40. The number of H-pyrrole nitrogens is 1. The number of hydrogen-bond donors (Lipinski definition) is 2. The molecule has 32 heavy (non-hydrogen) atoms. The number of nitrogens with one attached hydrogen (secondary N) is 1. The van der Waals surface area contributed by atoms with Crippen molar-refractivity contribution in [3.05, 3.63) is 82.4 Å². The first kappa shape index (κ1) is 21.7. The molecule has 1 saturated carbocycles. The number of amides is 1. The standard InChI is InChI=1S/C24H25FN4O3/c1-24(23(26)31,17-4-2-3-15(11-17)16-5-9-21(30)28-12-16)20-8-7-19(14-27-20)32-22-10-6-18(25)13-29-22/h5-10,12-15,17H,2-4,11H2,1H3,(H2,26,31)(H,28,30)/t15-,17+,24?/m1/s1. The molecule has 166 valence electrons. The fourth-order valence-corrected chi connectivity index (χ4v) is 4.52. The van der Waals surface area contributed by atoms with Crippen LogP contribution in [0.2, 0.25) is 0 Å². The first-order valence-electron chi connectivity index (χ1n) is 10.6. The second-order valence-electron chi connectivity index (χ2n) is 8.41. The molecule has 0 bridgehead atoms. The molecule has 3 atom stereocenters. The smallest absolute Gasteiger partial charge is 0.247 e. The Hall–Kier alpha value is -3.55. The number of aromatic nitrogens is 3. The van der Waals surface area contributed by atoms with Gasteiger partial charge in [0.15, 0.2) is 0 Å². The number of ether oxygens (including phenoxy) is 1. The van der Waals surface area contributed by atoms with Gasteiger partial charge in [-0.15, -0.1) is 0 Å². The van der Waals surface area contributed by atoms with E-state index < -0.39 is 17.1 Å². The lowest BCUT2D eigenvalue weighted by molar-refractivity contribution is -0.125. The fourth-order valence-electron chi connectivity index (χ4n) is 4.52. The molecule has 3 aromatic rings. The molecule has 1 amide bonds. The number of nitrogens with two attached hydrogens (primary N) is 1. The van der Waals surface area contributed by atoms with Crippen LogP contribution in [0.5, 0.6) is 11.6 Å². The molecule has 0 radical (unpaired) electrons. The number of primary amides is 1. The lowest BCUT2D eigenvalue weighted by atomic mass is 9.64. The van der Waals surface area contributed by atoms with Crippen molar-refractivity contribution in [3.63, 3.8) is 0 Å². The van der Waals surface area contributed by atoms with E-state index >= 15 is 0 Å². The third kappa shape index (κ3) is 4.39. The maximum Gasteiger partial charge on any atom is 0.247 e. The summed E-state index contributed by atoms with van der Waals surface area (Å²) < 4.78 is 18.6. The van der Waals surface area contributed by atoms with Crippen molar-refractivity contribution in [1.82, 2.24) is 15.0 Å². The van der Waals surface area contributed by atoms with Crippen LogP contribution in [0.4, 0.5) is 4.39 Å². The van der Waals surface area contributed by atoms with E-state index in [-0.39, 0.29) is 23.3 Å². The van der Waals surface area contributed by atoms with Crippen LogP contribution in [0.3, 0.4) is 0 Å². The van der Waals surface area contributed by atoms with E-state index in [4.69, 9.17) is 10.5 Å². The Kier molecular flexibility index (Phi) is 6.03. The Balaban J connectivity index is 1.55. The van der Waals surface area contributed by atoms with Crippen LogP contribution < -0.4 is 16.0 Å². The molecule has 3 N–H and O–H groups in total. The quantitative estimate of drug-likeness (QED) is 0.610. The summed E-state index contributed by atoms with van der Waals surface area (Å²) in [6.07, 6.45) is 7.92. The van der Waals surface area contributed by atoms with Crippen LogP contribution in [-0.4, -0.2) is 20.9 Å². The molecule has 0 spiro atoms. The van der Waals surface area contributed by atoms with Crippen molar-refractivity contribution in [2.45, 2.75) is 43.9 Å². The molecule has 0 aromatic carbocycles. The number of halogens is 1. The first-order chi connectivity index (χ1) is 15.4. The molecule has 3 heterocycles. The highest BCUT2D eigenvalue weighted by Crippen LogP contribution is 2.45. The topological polar surface area (TPSA) is 111 Å². The van der Waals surface area contributed by atoms with Gasteiger partial charge in [-0.2, -0.15) is 0 Å². The van der Waals surface area contributed by atoms with Crippen LogP contribution >= 0.6 is 0 Å². The predicted molar refractivity (Wildman–Crippen MR) is 117 cm³/mol. The Bertz CT molecular complexity index is 1130. The molecule has 1 unspecified atom stereocenters. The summed E-state index contributed by atoms with van der Waals surface area (Å²) in [7, 11) is 0. The number of carbonyl (C=O) groups excluding carboxylic acids is 1. The highest BCUT2D eigenvalue weighted by atomic mass is 19.1. The number of rotatable bonds is 6. The van der Waals surface area contributed by atoms with Gasteiger partial charge in [-0.3, -0.25) is 14.6 Å². The van der Waals surface area contributed by atoms with Crippen LogP contribution in [0.15, 0.2) is 59.8 Å². The van der Waals surface area contributed by atoms with Gasteiger partial charge in [-0.25, -0.2) is 9.37 Å². The summed E-state index contributed by atoms with van der Waals surface area (Å²) >= 11 is 0. The van der Waals surface area contributed by atoms with Gasteiger partial charge in [-0.1, -0.05) is 12.5 Å². The van der Waals surface area contributed by atoms with E-state index in [9.17, 15) is 14.0 Å². The number of aromatic amines is 1. The Morgan fingerprint density at radius 2 is 2.00 bits per heavy atom. The predicted octanol–water partition coefficient (Wildman–Crippen LogP) is 3.81. The van der Waals surface area contributed by atoms with Gasteiger partial charge < -0.3 is 15.5 Å². The average molecular weight is 436 g/mol. The van der Waals surface area contributed by atoms with E-state index in [1.165, 1.54) is 24.4 Å². The van der Waals surface area contributed by atoms with Gasteiger partial charge in [0, 0.05) is 18.3 Å². The maximum atomic E-state index is 13.0. The van der Waals surface area contributed by atoms with E-state index in [2.05, 4.69) is 15.0 Å². The molecule has 8 heteroatoms. The highest BCUT2D eigenvalue weighted by Gasteiger charge is 2.44. The molecule has 1 fully saturated rings. The van der Waals surface area contributed by atoms with Crippen molar-refractivity contribution in [2.24, 2.45) is 11.7 Å². The third-order valence-corrected chi connectivity index (χ3v) is 6.47. The lowest BCUT2D eigenvalue weighted by Crippen LogP contribution is -2.46. The van der Waals surface area contributed by atoms with E-state index in [1.807, 2.05) is 13.0 Å². The van der Waals surface area contributed by atoms with Crippen LogP contribution in [0.25, 0.3) is 0 Å². The van der Waals surface area contributed by atoms with Gasteiger partial charge >= 0.3 is 0 Å². The number of nitrogens with zero attached hydrogens (tertiary/aromatic N) is 2. The van der Waals surface area contributed by atoms with Crippen LogP contribution in [0, 0.1) is 11.7 Å². The van der Waals surface area contributed by atoms with Crippen molar-refractivity contribution >= 4 is 5.91 Å². The minimum atomic E-state index is -0.951. The zero-order chi connectivity index (χ0) is 22.7. The monoisotopic (exact) mass is 436 g/mol. The molecular weight excluding hydrogens is 411 g/mol. The summed E-state index contributed by atoms with van der Waals surface area (Å²) in [6, 6.07) is 9.51. The van der Waals surface area contributed by atoms with Crippen molar-refractivity contribution < 1.29 is 13.9 Å².